The summed E-state index contributed by atoms with van der Waals surface area (Å²) in [5.41, 5.74) is 1.27. The van der Waals surface area contributed by atoms with E-state index in [-0.39, 0.29) is 11.5 Å². The van der Waals surface area contributed by atoms with Crippen LogP contribution in [0, 0.1) is 0 Å². The number of hydrogen-bond donors (Lipinski definition) is 2. The Kier molecular flexibility index (Phi) is 6.73. The summed E-state index contributed by atoms with van der Waals surface area (Å²) >= 11 is 0. The average molecular weight is 392 g/mol. The molecule has 1 aliphatic rings. The number of aryl methyl sites for hydroxylation is 1. The van der Waals surface area contributed by atoms with Crippen LogP contribution in [0.25, 0.3) is 10.9 Å². The number of hydrogen-bond acceptors (Lipinski definition) is 4. The van der Waals surface area contributed by atoms with Crippen LogP contribution < -0.4 is 10.6 Å². The molecule has 148 valence electrons. The first-order chi connectivity index (χ1) is 13.1. The summed E-state index contributed by atoms with van der Waals surface area (Å²) in [7, 11) is -1.04. The van der Waals surface area contributed by atoms with E-state index in [0.717, 1.165) is 38.6 Å². The second-order valence-corrected chi connectivity index (χ2v) is 9.14. The van der Waals surface area contributed by atoms with Crippen LogP contribution in [0.2, 0.25) is 0 Å². The van der Waals surface area contributed by atoms with Gasteiger partial charge < -0.3 is 15.2 Å². The maximum Gasteiger partial charge on any atom is 0.191 e. The fraction of sp³-hybridized carbons (Fsp3) is 0.526. The van der Waals surface area contributed by atoms with Gasteiger partial charge in [0, 0.05) is 58.0 Å². The van der Waals surface area contributed by atoms with Crippen LogP contribution in [0.1, 0.15) is 6.42 Å². The minimum absolute atomic E-state index is 0.272. The molecule has 27 heavy (non-hydrogen) atoms. The van der Waals surface area contributed by atoms with Gasteiger partial charge in [-0.25, -0.2) is 8.42 Å². The molecule has 2 N–H and O–H groups in total. The van der Waals surface area contributed by atoms with Gasteiger partial charge in [-0.1, -0.05) is 18.2 Å². The molecule has 1 aliphatic heterocycles. The summed E-state index contributed by atoms with van der Waals surface area (Å²) in [5.74, 6) is 1.33. The van der Waals surface area contributed by atoms with Crippen LogP contribution in [-0.2, 0) is 16.4 Å². The van der Waals surface area contributed by atoms with Crippen LogP contribution in [0.5, 0.6) is 0 Å². The molecular weight excluding hydrogens is 362 g/mol. The Morgan fingerprint density at radius 3 is 2.59 bits per heavy atom. The number of para-hydroxylation sites is 1. The minimum atomic E-state index is -2.81. The molecule has 2 aromatic rings. The second kappa shape index (κ2) is 9.23. The zero-order chi connectivity index (χ0) is 19.1. The third kappa shape index (κ3) is 5.71. The highest BCUT2D eigenvalue weighted by atomic mass is 32.2. The Labute approximate surface area is 161 Å². The van der Waals surface area contributed by atoms with E-state index in [4.69, 9.17) is 0 Å². The van der Waals surface area contributed by atoms with Crippen LogP contribution in [-0.4, -0.2) is 75.1 Å². The molecule has 8 heteroatoms. The van der Waals surface area contributed by atoms with Crippen molar-refractivity contribution in [2.45, 2.75) is 13.0 Å². The smallest absolute Gasteiger partial charge is 0.191 e. The molecule has 0 saturated carbocycles. The van der Waals surface area contributed by atoms with Gasteiger partial charge in [0.05, 0.1) is 11.5 Å². The highest BCUT2D eigenvalue weighted by Gasteiger charge is 2.20. The highest BCUT2D eigenvalue weighted by molar-refractivity contribution is 7.91. The molecule has 2 heterocycles. The molecule has 0 atom stereocenters. The Bertz CT molecular complexity index is 861. The van der Waals surface area contributed by atoms with Gasteiger partial charge in [0.15, 0.2) is 15.8 Å². The normalized spacial score (nSPS) is 17.9. The Balaban J connectivity index is 1.33. The molecule has 0 radical (unpaired) electrons. The molecule has 0 amide bonds. The Hall–Kier alpha value is -2.06. The molecule has 1 aromatic heterocycles. The number of rotatable bonds is 7. The van der Waals surface area contributed by atoms with E-state index < -0.39 is 9.84 Å². The Morgan fingerprint density at radius 2 is 1.81 bits per heavy atom. The van der Waals surface area contributed by atoms with Gasteiger partial charge >= 0.3 is 0 Å². The van der Waals surface area contributed by atoms with Gasteiger partial charge in [-0.3, -0.25) is 9.89 Å². The van der Waals surface area contributed by atoms with Crippen molar-refractivity contribution in [2.24, 2.45) is 4.99 Å². The fourth-order valence-corrected chi connectivity index (χ4v) is 4.60. The molecular formula is C19H29N5O2S. The standard InChI is InChI=1S/C19H29N5O2S/c1-20-19(22-9-12-23-13-15-27(25,26)16-14-23)21-8-4-10-24-11-7-17-5-2-3-6-18(17)24/h2-3,5-7,11H,4,8-10,12-16H2,1H3,(H2,20,21,22). The number of benzene rings is 1. The molecule has 0 bridgehead atoms. The SMILES string of the molecule is CN=C(NCCCn1ccc2ccccc21)NCCN1CCS(=O)(=O)CC1. The van der Waals surface area contributed by atoms with Crippen LogP contribution >= 0.6 is 0 Å². The van der Waals surface area contributed by atoms with Gasteiger partial charge in [0.2, 0.25) is 0 Å². The largest absolute Gasteiger partial charge is 0.356 e. The van der Waals surface area contributed by atoms with Crippen molar-refractivity contribution in [1.82, 2.24) is 20.1 Å². The lowest BCUT2D eigenvalue weighted by Crippen LogP contribution is -2.46. The third-order valence-electron chi connectivity index (χ3n) is 4.93. The number of nitrogens with zero attached hydrogens (tertiary/aromatic N) is 3. The molecule has 1 saturated heterocycles. The van der Waals surface area contributed by atoms with Crippen LogP contribution in [0.15, 0.2) is 41.5 Å². The van der Waals surface area contributed by atoms with Gasteiger partial charge in [-0.2, -0.15) is 0 Å². The first-order valence-electron chi connectivity index (χ1n) is 9.48. The lowest BCUT2D eigenvalue weighted by atomic mass is 10.2. The molecule has 7 nitrogen and oxygen atoms in total. The highest BCUT2D eigenvalue weighted by Crippen LogP contribution is 2.15. The predicted molar refractivity (Wildman–Crippen MR) is 111 cm³/mol. The monoisotopic (exact) mass is 391 g/mol. The van der Waals surface area contributed by atoms with Gasteiger partial charge in [0.25, 0.3) is 0 Å². The Morgan fingerprint density at radius 1 is 1.07 bits per heavy atom. The van der Waals surface area contributed by atoms with Crippen LogP contribution in [0.4, 0.5) is 0 Å². The number of sulfone groups is 1. The van der Waals surface area contributed by atoms with Gasteiger partial charge in [-0.05, 0) is 23.9 Å². The average Bonchev–Trinajstić information content (AvgIpc) is 3.08. The number of aliphatic imine (C=N–C) groups is 1. The van der Waals surface area contributed by atoms with Crippen molar-refractivity contribution in [3.8, 4) is 0 Å². The van der Waals surface area contributed by atoms with E-state index in [1.54, 1.807) is 7.05 Å². The van der Waals surface area contributed by atoms with E-state index in [1.165, 1.54) is 10.9 Å². The van der Waals surface area contributed by atoms with E-state index in [0.29, 0.717) is 13.1 Å². The molecule has 3 rings (SSSR count). The van der Waals surface area contributed by atoms with Crippen molar-refractivity contribution < 1.29 is 8.42 Å². The first kappa shape index (κ1) is 19.7. The van der Waals surface area contributed by atoms with E-state index in [1.807, 2.05) is 0 Å². The molecule has 0 aliphatic carbocycles. The molecule has 0 unspecified atom stereocenters. The van der Waals surface area contributed by atoms with Crippen molar-refractivity contribution in [1.29, 1.82) is 0 Å². The molecule has 0 spiro atoms. The quantitative estimate of drug-likeness (QED) is 0.417. The summed E-state index contributed by atoms with van der Waals surface area (Å²) < 4.78 is 25.2. The minimum Gasteiger partial charge on any atom is -0.356 e. The summed E-state index contributed by atoms with van der Waals surface area (Å²) in [6.45, 7) is 4.63. The fourth-order valence-electron chi connectivity index (χ4n) is 3.32. The van der Waals surface area contributed by atoms with Crippen molar-refractivity contribution in [3.05, 3.63) is 36.5 Å². The third-order valence-corrected chi connectivity index (χ3v) is 6.54. The predicted octanol–water partition coefficient (Wildman–Crippen LogP) is 0.927. The number of aromatic nitrogens is 1. The summed E-state index contributed by atoms with van der Waals surface area (Å²) in [6, 6.07) is 10.6. The lowest BCUT2D eigenvalue weighted by molar-refractivity contribution is 0.299. The maximum atomic E-state index is 11.5. The number of fused-ring (bicyclic) bond motifs is 1. The summed E-state index contributed by atoms with van der Waals surface area (Å²) in [6.07, 6.45) is 3.14. The van der Waals surface area contributed by atoms with Crippen molar-refractivity contribution in [2.75, 3.05) is 51.3 Å². The topological polar surface area (TPSA) is 78.7 Å². The summed E-state index contributed by atoms with van der Waals surface area (Å²) in [5, 5.41) is 7.92. The lowest BCUT2D eigenvalue weighted by Gasteiger charge is -2.26. The molecule has 1 fully saturated rings. The van der Waals surface area contributed by atoms with E-state index >= 15 is 0 Å². The van der Waals surface area contributed by atoms with Gasteiger partial charge in [-0.15, -0.1) is 0 Å². The first-order valence-corrected chi connectivity index (χ1v) is 11.3. The van der Waals surface area contributed by atoms with Gasteiger partial charge in [0.1, 0.15) is 0 Å². The van der Waals surface area contributed by atoms with Crippen molar-refractivity contribution >= 4 is 26.7 Å². The number of nitrogens with one attached hydrogen (secondary N) is 2. The zero-order valence-corrected chi connectivity index (χ0v) is 16.7. The van der Waals surface area contributed by atoms with E-state index in [2.05, 4.69) is 61.6 Å². The number of guanidine groups is 1. The summed E-state index contributed by atoms with van der Waals surface area (Å²) in [4.78, 5) is 6.43. The van der Waals surface area contributed by atoms with E-state index in [9.17, 15) is 8.42 Å². The zero-order valence-electron chi connectivity index (χ0n) is 15.9. The van der Waals surface area contributed by atoms with Crippen molar-refractivity contribution in [3.63, 3.8) is 0 Å². The second-order valence-electron chi connectivity index (χ2n) is 6.84. The maximum absolute atomic E-state index is 11.5. The molecule has 1 aromatic carbocycles. The van der Waals surface area contributed by atoms with Crippen LogP contribution in [0.3, 0.4) is 0 Å².